The van der Waals surface area contributed by atoms with Gasteiger partial charge in [0.1, 0.15) is 0 Å². The highest BCUT2D eigenvalue weighted by atomic mass is 32.1. The molecule has 1 aromatic heterocycles. The number of rotatable bonds is 4. The van der Waals surface area contributed by atoms with E-state index in [4.69, 9.17) is 9.47 Å². The Hall–Kier alpha value is -1.76. The van der Waals surface area contributed by atoms with Crippen LogP contribution in [0.25, 0.3) is 0 Å². The van der Waals surface area contributed by atoms with E-state index in [0.29, 0.717) is 0 Å². The largest absolute Gasteiger partial charge is 0.446 e. The van der Waals surface area contributed by atoms with E-state index < -0.39 is 12.2 Å². The second-order valence-corrected chi connectivity index (χ2v) is 5.50. The molecule has 20 heavy (non-hydrogen) atoms. The second kappa shape index (κ2) is 7.74. The molecule has 0 atom stereocenters. The first kappa shape index (κ1) is 16.3. The fourth-order valence-electron chi connectivity index (χ4n) is 1.33. The van der Waals surface area contributed by atoms with Gasteiger partial charge in [-0.05, 0) is 50.1 Å². The molecule has 0 radical (unpaired) electrons. The van der Waals surface area contributed by atoms with E-state index in [1.165, 1.54) is 11.3 Å². The predicted molar refractivity (Wildman–Crippen MR) is 76.2 cm³/mol. The molecule has 1 rings (SSSR count). The summed E-state index contributed by atoms with van der Waals surface area (Å²) < 4.78 is 10.0. The fraction of sp³-hybridized carbons (Fsp3) is 0.538. The summed E-state index contributed by atoms with van der Waals surface area (Å²) in [7, 11) is 0. The van der Waals surface area contributed by atoms with Crippen LogP contribution in [-0.2, 0) is 16.0 Å². The lowest BCUT2D eigenvalue weighted by molar-refractivity contribution is 0.0444. The molecule has 2 amide bonds. The van der Waals surface area contributed by atoms with Crippen LogP contribution in [0.3, 0.4) is 0 Å². The van der Waals surface area contributed by atoms with Gasteiger partial charge in [-0.3, -0.25) is 0 Å². The van der Waals surface area contributed by atoms with Crippen LogP contribution in [0.5, 0.6) is 0 Å². The Morgan fingerprint density at radius 2 is 1.90 bits per heavy atom. The van der Waals surface area contributed by atoms with Crippen molar-refractivity contribution in [3.63, 3.8) is 0 Å². The van der Waals surface area contributed by atoms with Gasteiger partial charge in [0.25, 0.3) is 0 Å². The molecule has 0 fully saturated rings. The molecular formula is C13H20N2O4S. The van der Waals surface area contributed by atoms with Gasteiger partial charge in [-0.25, -0.2) is 20.0 Å². The van der Waals surface area contributed by atoms with Gasteiger partial charge in [0.05, 0.1) is 18.8 Å². The SMILES string of the molecule is CC(C)OC(=O)NN(Cc1ccsc1)C(=O)OC(C)C. The highest BCUT2D eigenvalue weighted by Gasteiger charge is 2.20. The van der Waals surface area contributed by atoms with E-state index in [9.17, 15) is 9.59 Å². The van der Waals surface area contributed by atoms with Crippen LogP contribution in [0, 0.1) is 0 Å². The first-order chi connectivity index (χ1) is 9.38. The molecule has 1 heterocycles. The topological polar surface area (TPSA) is 67.9 Å². The zero-order chi connectivity index (χ0) is 15.1. The van der Waals surface area contributed by atoms with Crippen molar-refractivity contribution in [3.8, 4) is 0 Å². The summed E-state index contributed by atoms with van der Waals surface area (Å²) in [6.07, 6.45) is -1.84. The van der Waals surface area contributed by atoms with E-state index in [-0.39, 0.29) is 18.8 Å². The molecule has 1 N–H and O–H groups in total. The maximum atomic E-state index is 11.9. The van der Waals surface area contributed by atoms with Gasteiger partial charge >= 0.3 is 12.2 Å². The maximum Gasteiger partial charge on any atom is 0.429 e. The first-order valence-electron chi connectivity index (χ1n) is 6.35. The van der Waals surface area contributed by atoms with Crippen LogP contribution in [-0.4, -0.2) is 29.4 Å². The van der Waals surface area contributed by atoms with E-state index in [0.717, 1.165) is 10.6 Å². The summed E-state index contributed by atoms with van der Waals surface area (Å²) >= 11 is 1.51. The van der Waals surface area contributed by atoms with Gasteiger partial charge < -0.3 is 9.47 Å². The van der Waals surface area contributed by atoms with Gasteiger partial charge in [-0.2, -0.15) is 11.3 Å². The molecule has 1 aromatic rings. The van der Waals surface area contributed by atoms with Crippen molar-refractivity contribution in [1.82, 2.24) is 10.4 Å². The quantitative estimate of drug-likeness (QED) is 0.867. The maximum absolute atomic E-state index is 11.9. The highest BCUT2D eigenvalue weighted by Crippen LogP contribution is 2.10. The number of hydrogen-bond acceptors (Lipinski definition) is 5. The first-order valence-corrected chi connectivity index (χ1v) is 7.29. The molecule has 0 saturated heterocycles. The van der Waals surface area contributed by atoms with Gasteiger partial charge in [0.2, 0.25) is 0 Å². The Balaban J connectivity index is 2.68. The van der Waals surface area contributed by atoms with Gasteiger partial charge in [-0.1, -0.05) is 0 Å². The lowest BCUT2D eigenvalue weighted by Crippen LogP contribution is -2.47. The van der Waals surface area contributed by atoms with Gasteiger partial charge in [-0.15, -0.1) is 0 Å². The summed E-state index contributed by atoms with van der Waals surface area (Å²) in [5.41, 5.74) is 3.30. The van der Waals surface area contributed by atoms with E-state index in [1.807, 2.05) is 16.8 Å². The average Bonchev–Trinajstić information content (AvgIpc) is 2.78. The van der Waals surface area contributed by atoms with Crippen molar-refractivity contribution in [3.05, 3.63) is 22.4 Å². The zero-order valence-electron chi connectivity index (χ0n) is 12.1. The zero-order valence-corrected chi connectivity index (χ0v) is 12.9. The molecule has 0 aliphatic carbocycles. The molecule has 0 aliphatic heterocycles. The van der Waals surface area contributed by atoms with Crippen LogP contribution in [0.4, 0.5) is 9.59 Å². The van der Waals surface area contributed by atoms with E-state index in [1.54, 1.807) is 27.7 Å². The molecule has 6 nitrogen and oxygen atoms in total. The summed E-state index contributed by atoms with van der Waals surface area (Å²) in [6, 6.07) is 1.87. The number of hydrazine groups is 1. The number of hydrogen-bond donors (Lipinski definition) is 1. The van der Waals surface area contributed by atoms with Crippen molar-refractivity contribution in [2.75, 3.05) is 0 Å². The third kappa shape index (κ3) is 5.92. The normalized spacial score (nSPS) is 10.5. The molecule has 0 spiro atoms. The molecule has 0 aliphatic rings. The summed E-state index contributed by atoms with van der Waals surface area (Å²) in [5, 5.41) is 4.89. The molecule has 0 aromatic carbocycles. The number of thiophene rings is 1. The van der Waals surface area contributed by atoms with E-state index in [2.05, 4.69) is 5.43 Å². The van der Waals surface area contributed by atoms with Crippen LogP contribution < -0.4 is 5.43 Å². The summed E-state index contributed by atoms with van der Waals surface area (Å²) in [5.74, 6) is 0. The molecule has 0 bridgehead atoms. The lowest BCUT2D eigenvalue weighted by atomic mass is 10.3. The van der Waals surface area contributed by atoms with Crippen LogP contribution in [0.1, 0.15) is 33.3 Å². The van der Waals surface area contributed by atoms with Crippen molar-refractivity contribution in [2.45, 2.75) is 46.4 Å². The highest BCUT2D eigenvalue weighted by molar-refractivity contribution is 7.07. The minimum absolute atomic E-state index is 0.224. The summed E-state index contributed by atoms with van der Waals surface area (Å²) in [4.78, 5) is 23.5. The van der Waals surface area contributed by atoms with Crippen molar-refractivity contribution in [2.24, 2.45) is 0 Å². The minimum atomic E-state index is -0.684. The number of nitrogens with zero attached hydrogens (tertiary/aromatic N) is 1. The Bertz CT molecular complexity index is 432. The Kier molecular flexibility index (Phi) is 6.30. The van der Waals surface area contributed by atoms with Crippen molar-refractivity contribution < 1.29 is 19.1 Å². The number of carbonyl (C=O) groups is 2. The minimum Gasteiger partial charge on any atom is -0.446 e. The number of carbonyl (C=O) groups excluding carboxylic acids is 2. The standard InChI is InChI=1S/C13H20N2O4S/c1-9(2)18-12(16)14-15(13(17)19-10(3)4)7-11-5-6-20-8-11/h5-6,8-10H,7H2,1-4H3,(H,14,16). The predicted octanol–water partition coefficient (Wildman–Crippen LogP) is 3.14. The number of nitrogens with one attached hydrogen (secondary N) is 1. The van der Waals surface area contributed by atoms with Gasteiger partial charge in [0.15, 0.2) is 0 Å². The van der Waals surface area contributed by atoms with Crippen LogP contribution in [0.15, 0.2) is 16.8 Å². The molecular weight excluding hydrogens is 280 g/mol. The third-order valence-electron chi connectivity index (χ3n) is 2.05. The molecule has 0 unspecified atom stereocenters. The Morgan fingerprint density at radius 3 is 2.40 bits per heavy atom. The van der Waals surface area contributed by atoms with Gasteiger partial charge in [0, 0.05) is 0 Å². The number of amides is 2. The fourth-order valence-corrected chi connectivity index (χ4v) is 1.99. The van der Waals surface area contributed by atoms with Crippen LogP contribution in [0.2, 0.25) is 0 Å². The van der Waals surface area contributed by atoms with Crippen molar-refractivity contribution >= 4 is 23.5 Å². The Labute approximate surface area is 122 Å². The molecule has 7 heteroatoms. The lowest BCUT2D eigenvalue weighted by Gasteiger charge is -2.23. The monoisotopic (exact) mass is 300 g/mol. The summed E-state index contributed by atoms with van der Waals surface area (Å²) in [6.45, 7) is 7.17. The molecule has 0 saturated carbocycles. The van der Waals surface area contributed by atoms with Crippen LogP contribution >= 0.6 is 11.3 Å². The second-order valence-electron chi connectivity index (χ2n) is 4.72. The number of ether oxygens (including phenoxy) is 2. The smallest absolute Gasteiger partial charge is 0.429 e. The average molecular weight is 300 g/mol. The van der Waals surface area contributed by atoms with Crippen molar-refractivity contribution in [1.29, 1.82) is 0 Å². The molecule has 112 valence electrons. The Morgan fingerprint density at radius 1 is 1.25 bits per heavy atom. The van der Waals surface area contributed by atoms with E-state index >= 15 is 0 Å². The third-order valence-corrected chi connectivity index (χ3v) is 2.78.